The molecule has 1 rings (SSSR count). The molecular formula is C6H9NO3. The van der Waals surface area contributed by atoms with E-state index >= 15 is 0 Å². The first-order chi connectivity index (χ1) is 4.68. The Morgan fingerprint density at radius 3 is 2.80 bits per heavy atom. The van der Waals surface area contributed by atoms with E-state index in [1.807, 2.05) is 0 Å². The molecule has 0 amide bonds. The summed E-state index contributed by atoms with van der Waals surface area (Å²) in [6, 6.07) is 0. The summed E-state index contributed by atoms with van der Waals surface area (Å²) in [7, 11) is 0. The lowest BCUT2D eigenvalue weighted by atomic mass is 10.1. The number of hydrogen-bond donors (Lipinski definition) is 1. The van der Waals surface area contributed by atoms with Crippen molar-refractivity contribution >= 4 is 0 Å². The molecule has 4 heteroatoms. The predicted molar refractivity (Wildman–Crippen MR) is 35.1 cm³/mol. The summed E-state index contributed by atoms with van der Waals surface area (Å²) in [6.07, 6.45) is 3.34. The summed E-state index contributed by atoms with van der Waals surface area (Å²) >= 11 is 0. The van der Waals surface area contributed by atoms with Gasteiger partial charge in [-0.3, -0.25) is 10.1 Å². The molecule has 4 nitrogen and oxygen atoms in total. The molecule has 1 aliphatic rings. The van der Waals surface area contributed by atoms with Gasteiger partial charge in [0.05, 0.1) is 6.10 Å². The van der Waals surface area contributed by atoms with Gasteiger partial charge in [-0.2, -0.15) is 0 Å². The lowest BCUT2D eigenvalue weighted by Crippen LogP contribution is -2.12. The maximum absolute atomic E-state index is 9.95. The van der Waals surface area contributed by atoms with E-state index in [2.05, 4.69) is 0 Å². The molecule has 0 spiro atoms. The lowest BCUT2D eigenvalue weighted by molar-refractivity contribution is -0.486. The molecule has 0 fully saturated rings. The van der Waals surface area contributed by atoms with Crippen LogP contribution in [0.4, 0.5) is 0 Å². The van der Waals surface area contributed by atoms with Gasteiger partial charge in [0.15, 0.2) is 0 Å². The first-order valence-corrected chi connectivity index (χ1v) is 3.16. The Morgan fingerprint density at radius 2 is 2.40 bits per heavy atom. The van der Waals surface area contributed by atoms with E-state index in [1.165, 1.54) is 0 Å². The van der Waals surface area contributed by atoms with Gasteiger partial charge in [0.25, 0.3) is 0 Å². The Kier molecular flexibility index (Phi) is 2.01. The van der Waals surface area contributed by atoms with Crippen LogP contribution >= 0.6 is 0 Å². The molecule has 0 heterocycles. The SMILES string of the molecule is O=[N+]([O-])CC1C=C[C@H](O)C1. The highest BCUT2D eigenvalue weighted by Crippen LogP contribution is 2.17. The first kappa shape index (κ1) is 7.21. The molecule has 0 aromatic heterocycles. The average molecular weight is 143 g/mol. The molecule has 56 valence electrons. The van der Waals surface area contributed by atoms with E-state index in [4.69, 9.17) is 5.11 Å². The molecule has 1 aliphatic carbocycles. The van der Waals surface area contributed by atoms with Gasteiger partial charge >= 0.3 is 0 Å². The minimum absolute atomic E-state index is 0.0619. The van der Waals surface area contributed by atoms with Crippen molar-refractivity contribution in [2.75, 3.05) is 6.54 Å². The zero-order valence-electron chi connectivity index (χ0n) is 5.43. The predicted octanol–water partition coefficient (Wildman–Crippen LogP) is 0.200. The van der Waals surface area contributed by atoms with Crippen molar-refractivity contribution in [1.29, 1.82) is 0 Å². The molecule has 0 aromatic rings. The van der Waals surface area contributed by atoms with Crippen LogP contribution < -0.4 is 0 Å². The fourth-order valence-corrected chi connectivity index (χ4v) is 1.08. The van der Waals surface area contributed by atoms with Crippen molar-refractivity contribution < 1.29 is 10.0 Å². The van der Waals surface area contributed by atoms with Gasteiger partial charge in [0, 0.05) is 10.8 Å². The molecule has 0 radical (unpaired) electrons. The van der Waals surface area contributed by atoms with Crippen molar-refractivity contribution in [3.8, 4) is 0 Å². The summed E-state index contributed by atoms with van der Waals surface area (Å²) in [5, 5.41) is 18.9. The molecule has 1 unspecified atom stereocenters. The molecule has 2 atom stereocenters. The monoisotopic (exact) mass is 143 g/mol. The van der Waals surface area contributed by atoms with Crippen molar-refractivity contribution in [2.45, 2.75) is 12.5 Å². The first-order valence-electron chi connectivity index (χ1n) is 3.16. The van der Waals surface area contributed by atoms with Crippen molar-refractivity contribution in [3.63, 3.8) is 0 Å². The number of hydrogen-bond acceptors (Lipinski definition) is 3. The summed E-state index contributed by atoms with van der Waals surface area (Å²) in [4.78, 5) is 9.60. The Labute approximate surface area is 58.3 Å². The molecule has 0 aromatic carbocycles. The molecule has 0 saturated carbocycles. The number of nitro groups is 1. The summed E-state index contributed by atoms with van der Waals surface area (Å²) < 4.78 is 0. The molecule has 10 heavy (non-hydrogen) atoms. The van der Waals surface area contributed by atoms with E-state index in [1.54, 1.807) is 12.2 Å². The smallest absolute Gasteiger partial charge is 0.210 e. The largest absolute Gasteiger partial charge is 0.389 e. The normalized spacial score (nSPS) is 30.9. The van der Waals surface area contributed by atoms with Gasteiger partial charge in [0.2, 0.25) is 6.54 Å². The zero-order chi connectivity index (χ0) is 7.56. The number of nitrogens with zero attached hydrogens (tertiary/aromatic N) is 1. The van der Waals surface area contributed by atoms with Crippen LogP contribution in [0.2, 0.25) is 0 Å². The van der Waals surface area contributed by atoms with E-state index in [0.717, 1.165) is 0 Å². The van der Waals surface area contributed by atoms with Crippen LogP contribution in [0.1, 0.15) is 6.42 Å². The quantitative estimate of drug-likeness (QED) is 0.341. The standard InChI is InChI=1S/C6H9NO3/c8-6-2-1-5(3-6)4-7(9)10/h1-2,5-6,8H,3-4H2/t5?,6-/m0/s1. The Balaban J connectivity index is 2.33. The minimum atomic E-state index is -0.468. The van der Waals surface area contributed by atoms with Crippen molar-refractivity contribution in [2.24, 2.45) is 5.92 Å². The average Bonchev–Trinajstić information content (AvgIpc) is 2.13. The van der Waals surface area contributed by atoms with E-state index < -0.39 is 6.10 Å². The number of aliphatic hydroxyl groups excluding tert-OH is 1. The fourth-order valence-electron chi connectivity index (χ4n) is 1.08. The van der Waals surface area contributed by atoms with Gasteiger partial charge in [-0.25, -0.2) is 0 Å². The molecule has 0 aliphatic heterocycles. The van der Waals surface area contributed by atoms with Crippen LogP contribution in [-0.4, -0.2) is 22.7 Å². The van der Waals surface area contributed by atoms with E-state index in [9.17, 15) is 10.1 Å². The molecular weight excluding hydrogens is 134 g/mol. The van der Waals surface area contributed by atoms with E-state index in [-0.39, 0.29) is 17.4 Å². The maximum Gasteiger partial charge on any atom is 0.210 e. The van der Waals surface area contributed by atoms with Crippen LogP contribution in [0.25, 0.3) is 0 Å². The second kappa shape index (κ2) is 2.79. The zero-order valence-corrected chi connectivity index (χ0v) is 5.43. The van der Waals surface area contributed by atoms with Crippen LogP contribution in [0.5, 0.6) is 0 Å². The molecule has 1 N–H and O–H groups in total. The molecule has 0 bridgehead atoms. The lowest BCUT2D eigenvalue weighted by Gasteiger charge is -2.01. The number of rotatable bonds is 2. The second-order valence-corrected chi connectivity index (χ2v) is 2.46. The van der Waals surface area contributed by atoms with Gasteiger partial charge in [0.1, 0.15) is 0 Å². The fraction of sp³-hybridized carbons (Fsp3) is 0.667. The summed E-state index contributed by atoms with van der Waals surface area (Å²) in [5.41, 5.74) is 0. The van der Waals surface area contributed by atoms with Crippen LogP contribution in [-0.2, 0) is 0 Å². The van der Waals surface area contributed by atoms with Crippen LogP contribution in [0, 0.1) is 16.0 Å². The second-order valence-electron chi connectivity index (χ2n) is 2.46. The van der Waals surface area contributed by atoms with Crippen molar-refractivity contribution in [3.05, 3.63) is 22.3 Å². The third kappa shape index (κ3) is 1.80. The minimum Gasteiger partial charge on any atom is -0.389 e. The van der Waals surface area contributed by atoms with E-state index in [0.29, 0.717) is 6.42 Å². The third-order valence-electron chi connectivity index (χ3n) is 1.53. The topological polar surface area (TPSA) is 63.4 Å². The summed E-state index contributed by atoms with van der Waals surface area (Å²) in [6.45, 7) is -0.0619. The highest BCUT2D eigenvalue weighted by molar-refractivity contribution is 5.02. The van der Waals surface area contributed by atoms with Gasteiger partial charge < -0.3 is 5.11 Å². The Bertz CT molecular complexity index is 166. The van der Waals surface area contributed by atoms with Gasteiger partial charge in [-0.15, -0.1) is 0 Å². The summed E-state index contributed by atoms with van der Waals surface area (Å²) in [5.74, 6) is -0.0648. The highest BCUT2D eigenvalue weighted by atomic mass is 16.6. The number of aliphatic hydroxyl groups is 1. The van der Waals surface area contributed by atoms with Gasteiger partial charge in [-0.05, 0) is 6.42 Å². The third-order valence-corrected chi connectivity index (χ3v) is 1.53. The molecule has 0 saturated heterocycles. The Morgan fingerprint density at radius 1 is 1.70 bits per heavy atom. The van der Waals surface area contributed by atoms with Crippen molar-refractivity contribution in [1.82, 2.24) is 0 Å². The van der Waals surface area contributed by atoms with Crippen LogP contribution in [0.3, 0.4) is 0 Å². The Hall–Kier alpha value is -0.900. The van der Waals surface area contributed by atoms with Gasteiger partial charge in [-0.1, -0.05) is 12.2 Å². The van der Waals surface area contributed by atoms with Crippen LogP contribution in [0.15, 0.2) is 12.2 Å². The highest BCUT2D eigenvalue weighted by Gasteiger charge is 2.20. The maximum atomic E-state index is 9.95.